The van der Waals surface area contributed by atoms with Gasteiger partial charge in [0.25, 0.3) is 10.0 Å². The van der Waals surface area contributed by atoms with Gasteiger partial charge in [0.15, 0.2) is 5.75 Å². The van der Waals surface area contributed by atoms with Gasteiger partial charge in [-0.3, -0.25) is 0 Å². The van der Waals surface area contributed by atoms with E-state index in [4.69, 9.17) is 39.5 Å². The molecule has 3 aromatic carbocycles. The van der Waals surface area contributed by atoms with E-state index in [1.54, 1.807) is 6.07 Å². The third kappa shape index (κ3) is 4.72. The molecular formula is C24H21Cl3N2O3S. The van der Waals surface area contributed by atoms with Crippen LogP contribution in [0, 0.1) is 0 Å². The van der Waals surface area contributed by atoms with Crippen molar-refractivity contribution in [1.29, 1.82) is 0 Å². The number of ether oxygens (including phenoxy) is 1. The summed E-state index contributed by atoms with van der Waals surface area (Å²) in [5.41, 5.74) is 1.34. The van der Waals surface area contributed by atoms with Gasteiger partial charge in [-0.2, -0.15) is 0 Å². The summed E-state index contributed by atoms with van der Waals surface area (Å²) in [4.78, 5) is 2.05. The lowest BCUT2D eigenvalue weighted by Gasteiger charge is -2.15. The number of rotatable bonds is 7. The maximum atomic E-state index is 14.0. The normalized spacial score (nSPS) is 11.9. The summed E-state index contributed by atoms with van der Waals surface area (Å²) in [7, 11) is -0.209. The van der Waals surface area contributed by atoms with Crippen molar-refractivity contribution in [2.24, 2.45) is 0 Å². The van der Waals surface area contributed by atoms with Gasteiger partial charge >= 0.3 is 0 Å². The molecule has 0 aliphatic heterocycles. The van der Waals surface area contributed by atoms with Crippen LogP contribution in [0.15, 0.2) is 71.6 Å². The molecular weight excluding hydrogens is 503 g/mol. The predicted molar refractivity (Wildman–Crippen MR) is 135 cm³/mol. The van der Waals surface area contributed by atoms with Gasteiger partial charge in [0, 0.05) is 27.5 Å². The van der Waals surface area contributed by atoms with Crippen LogP contribution in [-0.4, -0.2) is 44.5 Å². The molecule has 172 valence electrons. The van der Waals surface area contributed by atoms with E-state index in [1.807, 2.05) is 49.3 Å². The molecule has 0 amide bonds. The maximum absolute atomic E-state index is 14.0. The zero-order valence-corrected chi connectivity index (χ0v) is 21.0. The van der Waals surface area contributed by atoms with Crippen LogP contribution in [0.25, 0.3) is 22.2 Å². The molecule has 5 nitrogen and oxygen atoms in total. The van der Waals surface area contributed by atoms with Crippen molar-refractivity contribution >= 4 is 55.7 Å². The van der Waals surface area contributed by atoms with Gasteiger partial charge in [-0.1, -0.05) is 65.1 Å². The molecule has 0 aliphatic rings. The Balaban J connectivity index is 2.09. The van der Waals surface area contributed by atoms with E-state index < -0.39 is 10.0 Å². The minimum absolute atomic E-state index is 0.0758. The first-order valence-corrected chi connectivity index (χ1v) is 12.6. The summed E-state index contributed by atoms with van der Waals surface area (Å²) in [6.07, 6.45) is 0. The standard InChI is InChI=1S/C24H21Cl3N2O3S/c1-28(2)12-13-32-24-20-14-18(26)15-21(27)23(20)29(22(24)16-6-4-3-5-7-16)33(30,31)19-10-8-17(25)9-11-19/h3-11,14-15H,12-13H2,1-2H3. The largest absolute Gasteiger partial charge is 0.489 e. The predicted octanol–water partition coefficient (Wildman–Crippen LogP) is 6.45. The molecule has 0 unspecified atom stereocenters. The van der Waals surface area contributed by atoms with Crippen molar-refractivity contribution in [2.75, 3.05) is 27.2 Å². The SMILES string of the molecule is CN(C)CCOc1c(-c2ccccc2)n(S(=O)(=O)c2ccc(Cl)cc2)c2c(Cl)cc(Cl)cc12. The average molecular weight is 524 g/mol. The van der Waals surface area contributed by atoms with Crippen molar-refractivity contribution in [3.63, 3.8) is 0 Å². The fourth-order valence-corrected chi connectivity index (χ4v) is 5.86. The van der Waals surface area contributed by atoms with Gasteiger partial charge in [0.2, 0.25) is 0 Å². The van der Waals surface area contributed by atoms with Crippen molar-refractivity contribution in [2.45, 2.75) is 4.90 Å². The Kier molecular flexibility index (Phi) is 6.93. The van der Waals surface area contributed by atoms with Gasteiger partial charge in [0.1, 0.15) is 12.3 Å². The highest BCUT2D eigenvalue weighted by molar-refractivity contribution is 7.90. The second kappa shape index (κ2) is 9.57. The highest BCUT2D eigenvalue weighted by atomic mass is 35.5. The minimum atomic E-state index is -4.08. The van der Waals surface area contributed by atoms with E-state index in [0.717, 1.165) is 0 Å². The molecule has 0 saturated heterocycles. The maximum Gasteiger partial charge on any atom is 0.268 e. The number of nitrogens with zero attached hydrogens (tertiary/aromatic N) is 2. The zero-order chi connectivity index (χ0) is 23.8. The molecule has 0 N–H and O–H groups in total. The number of benzene rings is 3. The fourth-order valence-electron chi connectivity index (χ4n) is 3.55. The quantitative estimate of drug-likeness (QED) is 0.279. The van der Waals surface area contributed by atoms with Crippen molar-refractivity contribution in [3.8, 4) is 17.0 Å². The molecule has 0 radical (unpaired) electrons. The topological polar surface area (TPSA) is 51.5 Å². The number of hydrogen-bond acceptors (Lipinski definition) is 4. The molecule has 9 heteroatoms. The summed E-state index contributed by atoms with van der Waals surface area (Å²) < 4.78 is 35.3. The third-order valence-electron chi connectivity index (χ3n) is 5.08. The van der Waals surface area contributed by atoms with E-state index >= 15 is 0 Å². The van der Waals surface area contributed by atoms with Crippen LogP contribution in [0.2, 0.25) is 15.1 Å². The smallest absolute Gasteiger partial charge is 0.268 e. The van der Waals surface area contributed by atoms with Crippen LogP contribution >= 0.6 is 34.8 Å². The Labute approximate surface area is 208 Å². The summed E-state index contributed by atoms with van der Waals surface area (Å²) in [6.45, 7) is 0.982. The monoisotopic (exact) mass is 522 g/mol. The average Bonchev–Trinajstić information content (AvgIpc) is 3.10. The van der Waals surface area contributed by atoms with Crippen LogP contribution in [0.1, 0.15) is 0 Å². The Morgan fingerprint density at radius 3 is 2.21 bits per heavy atom. The van der Waals surface area contributed by atoms with Crippen LogP contribution in [0.4, 0.5) is 0 Å². The Bertz CT molecular complexity index is 1400. The zero-order valence-electron chi connectivity index (χ0n) is 17.9. The third-order valence-corrected chi connectivity index (χ3v) is 7.55. The second-order valence-corrected chi connectivity index (χ2v) is 10.8. The lowest BCUT2D eigenvalue weighted by molar-refractivity contribution is 0.264. The van der Waals surface area contributed by atoms with Crippen molar-refractivity contribution in [1.82, 2.24) is 8.87 Å². The van der Waals surface area contributed by atoms with Crippen LogP contribution in [-0.2, 0) is 10.0 Å². The minimum Gasteiger partial charge on any atom is -0.489 e. The Morgan fingerprint density at radius 2 is 1.58 bits per heavy atom. The second-order valence-electron chi connectivity index (χ2n) is 7.70. The lowest BCUT2D eigenvalue weighted by Crippen LogP contribution is -2.19. The van der Waals surface area contributed by atoms with Gasteiger partial charge < -0.3 is 9.64 Å². The van der Waals surface area contributed by atoms with Crippen molar-refractivity contribution in [3.05, 3.63) is 81.8 Å². The number of aromatic nitrogens is 1. The summed E-state index contributed by atoms with van der Waals surface area (Å²) >= 11 is 18.9. The molecule has 1 aromatic heterocycles. The van der Waals surface area contributed by atoms with Crippen LogP contribution < -0.4 is 4.74 Å². The van der Waals surface area contributed by atoms with E-state index in [-0.39, 0.29) is 9.92 Å². The Morgan fingerprint density at radius 1 is 0.909 bits per heavy atom. The lowest BCUT2D eigenvalue weighted by atomic mass is 10.1. The number of hydrogen-bond donors (Lipinski definition) is 0. The Hall–Kier alpha value is -2.22. The van der Waals surface area contributed by atoms with Gasteiger partial charge in [-0.05, 0) is 50.5 Å². The highest BCUT2D eigenvalue weighted by Gasteiger charge is 2.30. The van der Waals surface area contributed by atoms with E-state index in [1.165, 1.54) is 34.3 Å². The van der Waals surface area contributed by atoms with Gasteiger partial charge in [-0.25, -0.2) is 12.4 Å². The first-order chi connectivity index (χ1) is 15.7. The van der Waals surface area contributed by atoms with Crippen LogP contribution in [0.3, 0.4) is 0 Å². The molecule has 4 rings (SSSR count). The number of fused-ring (bicyclic) bond motifs is 1. The van der Waals surface area contributed by atoms with E-state index in [9.17, 15) is 8.42 Å². The molecule has 0 aliphatic carbocycles. The van der Waals surface area contributed by atoms with Gasteiger partial charge in [-0.15, -0.1) is 0 Å². The molecule has 0 atom stereocenters. The molecule has 33 heavy (non-hydrogen) atoms. The summed E-state index contributed by atoms with van der Waals surface area (Å²) in [5, 5.41) is 1.54. The first-order valence-electron chi connectivity index (χ1n) is 10.1. The molecule has 0 spiro atoms. The molecule has 0 bridgehead atoms. The number of halogens is 3. The molecule has 0 saturated carbocycles. The number of likely N-dealkylation sites (N-methyl/N-ethyl adjacent to an activating group) is 1. The summed E-state index contributed by atoms with van der Waals surface area (Å²) in [6, 6.07) is 18.4. The van der Waals surface area contributed by atoms with E-state index in [0.29, 0.717) is 51.1 Å². The van der Waals surface area contributed by atoms with Crippen molar-refractivity contribution < 1.29 is 13.2 Å². The molecule has 0 fully saturated rings. The van der Waals surface area contributed by atoms with E-state index in [2.05, 4.69) is 0 Å². The first kappa shape index (κ1) is 23.9. The highest BCUT2D eigenvalue weighted by Crippen LogP contribution is 2.45. The molecule has 1 heterocycles. The summed E-state index contributed by atoms with van der Waals surface area (Å²) in [5.74, 6) is 0.403. The van der Waals surface area contributed by atoms with Gasteiger partial charge in [0.05, 0.1) is 15.4 Å². The molecule has 4 aromatic rings. The van der Waals surface area contributed by atoms with Crippen LogP contribution in [0.5, 0.6) is 5.75 Å². The fraction of sp³-hybridized carbons (Fsp3) is 0.167.